The largest absolute Gasteiger partial charge is 0.377 e. The van der Waals surface area contributed by atoms with E-state index in [1.165, 1.54) is 12.1 Å². The summed E-state index contributed by atoms with van der Waals surface area (Å²) in [6.07, 6.45) is 3.02. The summed E-state index contributed by atoms with van der Waals surface area (Å²) in [5.41, 5.74) is 4.17. The highest BCUT2D eigenvalue weighted by Crippen LogP contribution is 2.51. The van der Waals surface area contributed by atoms with E-state index in [2.05, 4.69) is 10.3 Å². The van der Waals surface area contributed by atoms with E-state index < -0.39 is 0 Å². The molecule has 0 aliphatic carbocycles. The molecule has 0 bridgehead atoms. The normalized spacial score (nSPS) is 25.3. The Morgan fingerprint density at radius 2 is 2.04 bits per heavy atom. The Morgan fingerprint density at radius 3 is 2.96 bits per heavy atom. The van der Waals surface area contributed by atoms with E-state index in [-0.39, 0.29) is 18.0 Å². The zero-order valence-electron chi connectivity index (χ0n) is 12.9. The van der Waals surface area contributed by atoms with E-state index in [4.69, 9.17) is 16.3 Å². The van der Waals surface area contributed by atoms with Gasteiger partial charge in [-0.05, 0) is 48.4 Å². The van der Waals surface area contributed by atoms with Crippen molar-refractivity contribution in [2.75, 3.05) is 11.9 Å². The second-order valence-electron chi connectivity index (χ2n) is 6.53. The molecule has 3 nitrogen and oxygen atoms in total. The lowest BCUT2D eigenvalue weighted by atomic mass is 9.81. The average Bonchev–Trinajstić information content (AvgIpc) is 3.21. The number of hydrogen-bond acceptors (Lipinski definition) is 2. The standard InChI is InChI=1S/C19H16ClFN2O/c20-10-1-4-16-14(7-10)19-13(5-6-24-19)18(23-16)15-9-22-17-8-11(21)2-3-12(15)17/h1-4,7-9,13,18-19,22-23H,5-6H2/t13-,18-,19-/m0/s1. The van der Waals surface area contributed by atoms with Gasteiger partial charge in [-0.25, -0.2) is 4.39 Å². The van der Waals surface area contributed by atoms with E-state index in [1.807, 2.05) is 30.5 Å². The second-order valence-corrected chi connectivity index (χ2v) is 6.97. The molecule has 5 heteroatoms. The third-order valence-electron chi connectivity index (χ3n) is 5.21. The maximum absolute atomic E-state index is 13.5. The first-order valence-electron chi connectivity index (χ1n) is 8.15. The number of anilines is 1. The molecule has 5 rings (SSSR count). The third-order valence-corrected chi connectivity index (χ3v) is 5.44. The molecular formula is C19H16ClFN2O. The summed E-state index contributed by atoms with van der Waals surface area (Å²) in [6, 6.07) is 10.9. The Kier molecular flexibility index (Phi) is 3.12. The fourth-order valence-electron chi connectivity index (χ4n) is 4.13. The van der Waals surface area contributed by atoms with Crippen molar-refractivity contribution in [3.05, 3.63) is 64.6 Å². The highest BCUT2D eigenvalue weighted by Gasteiger charge is 2.42. The second kappa shape index (κ2) is 5.23. The van der Waals surface area contributed by atoms with Gasteiger partial charge in [0.25, 0.3) is 0 Å². The Bertz CT molecular complexity index is 938. The lowest BCUT2D eigenvalue weighted by Crippen LogP contribution is -2.29. The minimum Gasteiger partial charge on any atom is -0.377 e. The molecule has 0 spiro atoms. The van der Waals surface area contributed by atoms with E-state index in [0.29, 0.717) is 5.92 Å². The average molecular weight is 343 g/mol. The van der Waals surface area contributed by atoms with Gasteiger partial charge in [-0.3, -0.25) is 0 Å². The maximum atomic E-state index is 13.5. The highest BCUT2D eigenvalue weighted by atomic mass is 35.5. The van der Waals surface area contributed by atoms with Gasteiger partial charge in [0.15, 0.2) is 0 Å². The molecule has 0 amide bonds. The summed E-state index contributed by atoms with van der Waals surface area (Å²) >= 11 is 6.17. The molecule has 2 N–H and O–H groups in total. The molecule has 2 aliphatic rings. The van der Waals surface area contributed by atoms with Crippen molar-refractivity contribution < 1.29 is 9.13 Å². The fraction of sp³-hybridized carbons (Fsp3) is 0.263. The van der Waals surface area contributed by atoms with Crippen molar-refractivity contribution in [2.24, 2.45) is 5.92 Å². The molecular weight excluding hydrogens is 327 g/mol. The van der Waals surface area contributed by atoms with Gasteiger partial charge < -0.3 is 15.0 Å². The summed E-state index contributed by atoms with van der Waals surface area (Å²) < 4.78 is 19.5. The van der Waals surface area contributed by atoms with Crippen LogP contribution in [0.5, 0.6) is 0 Å². The summed E-state index contributed by atoms with van der Waals surface area (Å²) in [5, 5.41) is 5.43. The fourth-order valence-corrected chi connectivity index (χ4v) is 4.31. The van der Waals surface area contributed by atoms with Crippen molar-refractivity contribution in [3.63, 3.8) is 0 Å². The molecule has 3 aromatic rings. The number of aromatic nitrogens is 1. The van der Waals surface area contributed by atoms with E-state index in [1.54, 1.807) is 0 Å². The molecule has 0 radical (unpaired) electrons. The van der Waals surface area contributed by atoms with Crippen molar-refractivity contribution in [3.8, 4) is 0 Å². The Hall–Kier alpha value is -2.04. The number of rotatable bonds is 1. The number of ether oxygens (including phenoxy) is 1. The predicted molar refractivity (Wildman–Crippen MR) is 92.9 cm³/mol. The Morgan fingerprint density at radius 1 is 1.12 bits per heavy atom. The quantitative estimate of drug-likeness (QED) is 0.637. The van der Waals surface area contributed by atoms with Crippen molar-refractivity contribution >= 4 is 28.2 Å². The van der Waals surface area contributed by atoms with Crippen LogP contribution in [-0.2, 0) is 4.74 Å². The predicted octanol–water partition coefficient (Wildman–Crippen LogP) is 5.20. The van der Waals surface area contributed by atoms with Gasteiger partial charge in [-0.15, -0.1) is 0 Å². The maximum Gasteiger partial charge on any atom is 0.125 e. The topological polar surface area (TPSA) is 37.0 Å². The van der Waals surface area contributed by atoms with E-state index in [9.17, 15) is 4.39 Å². The summed E-state index contributed by atoms with van der Waals surface area (Å²) in [7, 11) is 0. The van der Waals surface area contributed by atoms with E-state index in [0.717, 1.165) is 45.8 Å². The first kappa shape index (κ1) is 14.3. The number of aromatic amines is 1. The van der Waals surface area contributed by atoms with Gasteiger partial charge in [0.1, 0.15) is 5.82 Å². The monoisotopic (exact) mass is 342 g/mol. The number of nitrogens with one attached hydrogen (secondary N) is 2. The van der Waals surface area contributed by atoms with Crippen LogP contribution in [-0.4, -0.2) is 11.6 Å². The van der Waals surface area contributed by atoms with Gasteiger partial charge in [0, 0.05) is 45.9 Å². The lowest BCUT2D eigenvalue weighted by molar-refractivity contribution is 0.0830. The van der Waals surface area contributed by atoms with Gasteiger partial charge in [0.2, 0.25) is 0 Å². The SMILES string of the molecule is Fc1ccc2c([C@H]3Nc4ccc(Cl)cc4[C@H]4OCC[C@@H]34)c[nH]c2c1. The van der Waals surface area contributed by atoms with Crippen molar-refractivity contribution in [1.82, 2.24) is 4.98 Å². The Balaban J connectivity index is 1.64. The van der Waals surface area contributed by atoms with Crippen LogP contribution in [0.3, 0.4) is 0 Å². The number of hydrogen-bond donors (Lipinski definition) is 2. The third kappa shape index (κ3) is 2.06. The zero-order chi connectivity index (χ0) is 16.3. The molecule has 3 atom stereocenters. The molecule has 3 heterocycles. The van der Waals surface area contributed by atoms with Crippen LogP contribution in [0.1, 0.15) is 29.7 Å². The van der Waals surface area contributed by atoms with E-state index >= 15 is 0 Å². The van der Waals surface area contributed by atoms with Crippen LogP contribution >= 0.6 is 11.6 Å². The van der Waals surface area contributed by atoms with Crippen LogP contribution in [0.4, 0.5) is 10.1 Å². The first-order valence-corrected chi connectivity index (χ1v) is 8.52. The van der Waals surface area contributed by atoms with Gasteiger partial charge in [-0.1, -0.05) is 11.6 Å². The molecule has 24 heavy (non-hydrogen) atoms. The molecule has 0 unspecified atom stereocenters. The zero-order valence-corrected chi connectivity index (χ0v) is 13.6. The van der Waals surface area contributed by atoms with Gasteiger partial charge >= 0.3 is 0 Å². The number of benzene rings is 2. The summed E-state index contributed by atoms with van der Waals surface area (Å²) in [6.45, 7) is 0.746. The summed E-state index contributed by atoms with van der Waals surface area (Å²) in [4.78, 5) is 3.20. The van der Waals surface area contributed by atoms with Crippen LogP contribution in [0.25, 0.3) is 10.9 Å². The number of fused-ring (bicyclic) bond motifs is 4. The summed E-state index contributed by atoms with van der Waals surface area (Å²) in [5.74, 6) is 0.106. The molecule has 1 aromatic heterocycles. The van der Waals surface area contributed by atoms with Gasteiger partial charge in [0.05, 0.1) is 12.1 Å². The smallest absolute Gasteiger partial charge is 0.125 e. The first-order chi connectivity index (χ1) is 11.7. The minimum atomic E-state index is -0.227. The van der Waals surface area contributed by atoms with Crippen LogP contribution in [0.2, 0.25) is 5.02 Å². The Labute approximate surface area is 143 Å². The lowest BCUT2D eigenvalue weighted by Gasteiger charge is -2.36. The molecule has 122 valence electrons. The van der Waals surface area contributed by atoms with Crippen LogP contribution in [0, 0.1) is 11.7 Å². The van der Waals surface area contributed by atoms with Gasteiger partial charge in [-0.2, -0.15) is 0 Å². The van der Waals surface area contributed by atoms with Crippen molar-refractivity contribution in [2.45, 2.75) is 18.6 Å². The van der Waals surface area contributed by atoms with Crippen molar-refractivity contribution in [1.29, 1.82) is 0 Å². The van der Waals surface area contributed by atoms with Crippen LogP contribution < -0.4 is 5.32 Å². The molecule has 1 saturated heterocycles. The molecule has 1 fully saturated rings. The highest BCUT2D eigenvalue weighted by molar-refractivity contribution is 6.30. The minimum absolute atomic E-state index is 0.0512. The number of halogens is 2. The number of H-pyrrole nitrogens is 1. The van der Waals surface area contributed by atoms with Crippen LogP contribution in [0.15, 0.2) is 42.6 Å². The molecule has 0 saturated carbocycles. The molecule has 2 aliphatic heterocycles. The molecule has 2 aromatic carbocycles.